The van der Waals surface area contributed by atoms with Gasteiger partial charge in [-0.1, -0.05) is 6.07 Å². The average molecular weight is 283 g/mol. The van der Waals surface area contributed by atoms with Crippen LogP contribution in [0.2, 0.25) is 0 Å². The molecule has 0 aromatic carbocycles. The maximum atomic E-state index is 12.0. The highest BCUT2D eigenvalue weighted by Crippen LogP contribution is 2.18. The van der Waals surface area contributed by atoms with Gasteiger partial charge in [0.2, 0.25) is 5.91 Å². The maximum Gasteiger partial charge on any atom is 0.327 e. The van der Waals surface area contributed by atoms with Crippen LogP contribution in [0.25, 0.3) is 6.08 Å². The molecular formula is C12H13NO3S2. The van der Waals surface area contributed by atoms with Crippen molar-refractivity contribution >= 4 is 41.1 Å². The molecule has 1 unspecified atom stereocenters. The summed E-state index contributed by atoms with van der Waals surface area (Å²) in [5, 5.41) is 11.0. The standard InChI is InChI=1S/C12H13NO3S2/c14-11(4-3-9-2-1-6-18-9)13-5-7-17-8-10(13)12(15)16/h1-4,6,10H,5,7-8H2,(H,15,16)/b4-3+. The molecule has 4 nitrogen and oxygen atoms in total. The van der Waals surface area contributed by atoms with Crippen LogP contribution in [0, 0.1) is 0 Å². The summed E-state index contributed by atoms with van der Waals surface area (Å²) in [5.41, 5.74) is 0. The van der Waals surface area contributed by atoms with E-state index in [4.69, 9.17) is 5.11 Å². The lowest BCUT2D eigenvalue weighted by molar-refractivity contribution is -0.147. The topological polar surface area (TPSA) is 57.6 Å². The number of carboxylic acid groups (broad SMARTS) is 1. The summed E-state index contributed by atoms with van der Waals surface area (Å²) in [7, 11) is 0. The van der Waals surface area contributed by atoms with Gasteiger partial charge in [0.1, 0.15) is 6.04 Å². The zero-order chi connectivity index (χ0) is 13.0. The molecule has 0 radical (unpaired) electrons. The first kappa shape index (κ1) is 13.2. The Bertz CT molecular complexity index is 456. The van der Waals surface area contributed by atoms with Gasteiger partial charge < -0.3 is 10.0 Å². The highest BCUT2D eigenvalue weighted by atomic mass is 32.2. The van der Waals surface area contributed by atoms with Crippen molar-refractivity contribution in [1.82, 2.24) is 4.90 Å². The number of carbonyl (C=O) groups excluding carboxylic acids is 1. The minimum Gasteiger partial charge on any atom is -0.480 e. The number of amides is 1. The molecule has 6 heteroatoms. The molecule has 1 saturated heterocycles. The van der Waals surface area contributed by atoms with Gasteiger partial charge in [-0.25, -0.2) is 4.79 Å². The molecule has 1 fully saturated rings. The van der Waals surface area contributed by atoms with Crippen LogP contribution in [-0.2, 0) is 9.59 Å². The van der Waals surface area contributed by atoms with Crippen LogP contribution < -0.4 is 0 Å². The van der Waals surface area contributed by atoms with E-state index >= 15 is 0 Å². The summed E-state index contributed by atoms with van der Waals surface area (Å²) in [6, 6.07) is 3.12. The predicted octanol–water partition coefficient (Wildman–Crippen LogP) is 1.79. The van der Waals surface area contributed by atoms with E-state index in [-0.39, 0.29) is 5.91 Å². The summed E-state index contributed by atoms with van der Waals surface area (Å²) < 4.78 is 0. The molecular weight excluding hydrogens is 270 g/mol. The molecule has 0 bridgehead atoms. The zero-order valence-electron chi connectivity index (χ0n) is 9.61. The van der Waals surface area contributed by atoms with Gasteiger partial charge in [0, 0.05) is 29.0 Å². The number of aliphatic carboxylic acids is 1. The number of hydrogen-bond acceptors (Lipinski definition) is 4. The second-order valence-corrected chi connectivity index (χ2v) is 5.94. The molecule has 1 atom stereocenters. The maximum absolute atomic E-state index is 12.0. The highest BCUT2D eigenvalue weighted by molar-refractivity contribution is 7.99. The Morgan fingerprint density at radius 2 is 2.33 bits per heavy atom. The zero-order valence-corrected chi connectivity index (χ0v) is 11.2. The number of carbonyl (C=O) groups is 2. The molecule has 1 aliphatic heterocycles. The van der Waals surface area contributed by atoms with Gasteiger partial charge in [-0.3, -0.25) is 4.79 Å². The Morgan fingerprint density at radius 1 is 1.50 bits per heavy atom. The summed E-state index contributed by atoms with van der Waals surface area (Å²) in [4.78, 5) is 25.5. The van der Waals surface area contributed by atoms with Crippen LogP contribution in [-0.4, -0.2) is 46.0 Å². The molecule has 1 N–H and O–H groups in total. The summed E-state index contributed by atoms with van der Waals surface area (Å²) in [5.74, 6) is 0.104. The average Bonchev–Trinajstić information content (AvgIpc) is 2.89. The van der Waals surface area contributed by atoms with Gasteiger partial charge in [-0.15, -0.1) is 11.3 Å². The smallest absolute Gasteiger partial charge is 0.327 e. The van der Waals surface area contributed by atoms with Gasteiger partial charge in [0.15, 0.2) is 0 Å². The lowest BCUT2D eigenvalue weighted by Crippen LogP contribution is -2.49. The molecule has 1 amide bonds. The normalized spacial score (nSPS) is 20.2. The number of carboxylic acids is 1. The van der Waals surface area contributed by atoms with E-state index < -0.39 is 12.0 Å². The van der Waals surface area contributed by atoms with Crippen molar-refractivity contribution in [3.8, 4) is 0 Å². The van der Waals surface area contributed by atoms with E-state index in [1.807, 2.05) is 17.5 Å². The highest BCUT2D eigenvalue weighted by Gasteiger charge is 2.31. The first-order chi connectivity index (χ1) is 8.68. The fourth-order valence-corrected chi connectivity index (χ4v) is 3.36. The van der Waals surface area contributed by atoms with Crippen LogP contribution >= 0.6 is 23.1 Å². The first-order valence-corrected chi connectivity index (χ1v) is 7.54. The van der Waals surface area contributed by atoms with Gasteiger partial charge in [-0.05, 0) is 17.5 Å². The van der Waals surface area contributed by atoms with Crippen LogP contribution in [0.15, 0.2) is 23.6 Å². The molecule has 1 aliphatic rings. The van der Waals surface area contributed by atoms with Crippen LogP contribution in [0.3, 0.4) is 0 Å². The van der Waals surface area contributed by atoms with E-state index in [9.17, 15) is 9.59 Å². The van der Waals surface area contributed by atoms with E-state index in [1.165, 1.54) is 11.0 Å². The number of rotatable bonds is 3. The summed E-state index contributed by atoms with van der Waals surface area (Å²) in [6.45, 7) is 0.495. The third-order valence-electron chi connectivity index (χ3n) is 2.63. The minimum absolute atomic E-state index is 0.226. The fourth-order valence-electron chi connectivity index (χ4n) is 1.71. The van der Waals surface area contributed by atoms with E-state index in [1.54, 1.807) is 29.2 Å². The van der Waals surface area contributed by atoms with Gasteiger partial charge in [-0.2, -0.15) is 11.8 Å². The van der Waals surface area contributed by atoms with Crippen molar-refractivity contribution in [2.75, 3.05) is 18.1 Å². The molecule has 0 aliphatic carbocycles. The number of thiophene rings is 1. The van der Waals surface area contributed by atoms with Crippen LogP contribution in [0.5, 0.6) is 0 Å². The lowest BCUT2D eigenvalue weighted by Gasteiger charge is -2.31. The lowest BCUT2D eigenvalue weighted by atomic mass is 10.2. The molecule has 2 heterocycles. The van der Waals surface area contributed by atoms with Crippen molar-refractivity contribution in [3.63, 3.8) is 0 Å². The summed E-state index contributed by atoms with van der Waals surface area (Å²) >= 11 is 3.11. The van der Waals surface area contributed by atoms with E-state index in [2.05, 4.69) is 0 Å². The van der Waals surface area contributed by atoms with Gasteiger partial charge in [0.25, 0.3) is 0 Å². The van der Waals surface area contributed by atoms with E-state index in [0.29, 0.717) is 12.3 Å². The molecule has 1 aromatic rings. The third kappa shape index (κ3) is 3.14. The van der Waals surface area contributed by atoms with Crippen molar-refractivity contribution in [1.29, 1.82) is 0 Å². The van der Waals surface area contributed by atoms with Crippen molar-refractivity contribution < 1.29 is 14.7 Å². The second-order valence-electron chi connectivity index (χ2n) is 3.81. The SMILES string of the molecule is O=C(O)C1CSCCN1C(=O)/C=C/c1cccs1. The quantitative estimate of drug-likeness (QED) is 0.859. The fraction of sp³-hybridized carbons (Fsp3) is 0.333. The summed E-state index contributed by atoms with van der Waals surface area (Å²) in [6.07, 6.45) is 3.19. The molecule has 18 heavy (non-hydrogen) atoms. The number of thioether (sulfide) groups is 1. The van der Waals surface area contributed by atoms with Crippen LogP contribution in [0.4, 0.5) is 0 Å². The van der Waals surface area contributed by atoms with Crippen molar-refractivity contribution in [3.05, 3.63) is 28.5 Å². The Balaban J connectivity index is 2.04. The molecule has 0 saturated carbocycles. The third-order valence-corrected chi connectivity index (χ3v) is 4.49. The molecule has 0 spiro atoms. The number of nitrogens with zero attached hydrogens (tertiary/aromatic N) is 1. The minimum atomic E-state index is -0.930. The molecule has 2 rings (SSSR count). The number of hydrogen-bond donors (Lipinski definition) is 1. The monoisotopic (exact) mass is 283 g/mol. The second kappa shape index (κ2) is 6.06. The Kier molecular flexibility index (Phi) is 4.43. The van der Waals surface area contributed by atoms with Gasteiger partial charge in [0.05, 0.1) is 0 Å². The van der Waals surface area contributed by atoms with Gasteiger partial charge >= 0.3 is 5.97 Å². The first-order valence-electron chi connectivity index (χ1n) is 5.51. The largest absolute Gasteiger partial charge is 0.480 e. The predicted molar refractivity (Wildman–Crippen MR) is 73.8 cm³/mol. The molecule has 1 aromatic heterocycles. The Hall–Kier alpha value is -1.27. The molecule has 96 valence electrons. The van der Waals surface area contributed by atoms with Crippen LogP contribution in [0.1, 0.15) is 4.88 Å². The Labute approximate surface area is 113 Å². The van der Waals surface area contributed by atoms with Crippen molar-refractivity contribution in [2.45, 2.75) is 6.04 Å². The van der Waals surface area contributed by atoms with E-state index in [0.717, 1.165) is 10.6 Å². The Morgan fingerprint density at radius 3 is 3.00 bits per heavy atom. The van der Waals surface area contributed by atoms with Crippen molar-refractivity contribution in [2.24, 2.45) is 0 Å².